The van der Waals surface area contributed by atoms with Crippen molar-refractivity contribution < 1.29 is 33.5 Å². The SMILES string of the molecule is C[C@@H]1OC1COc1ccc(Cc2ccc(OCC(O)COc3ccc(Cc4ccc(OCC5CO5)cc4)cc3)cc2)cc1. The molecule has 0 bridgehead atoms. The van der Waals surface area contributed by atoms with Crippen LogP contribution in [0.3, 0.4) is 0 Å². The van der Waals surface area contributed by atoms with Crippen molar-refractivity contribution in [2.75, 3.05) is 33.0 Å². The van der Waals surface area contributed by atoms with Crippen LogP contribution in [0.4, 0.5) is 0 Å². The summed E-state index contributed by atoms with van der Waals surface area (Å²) in [5, 5.41) is 10.4. The molecule has 2 fully saturated rings. The molecule has 4 aromatic carbocycles. The normalized spacial score (nSPS) is 19.3. The van der Waals surface area contributed by atoms with Crippen LogP contribution in [-0.2, 0) is 22.3 Å². The van der Waals surface area contributed by atoms with Crippen LogP contribution < -0.4 is 18.9 Å². The van der Waals surface area contributed by atoms with E-state index in [-0.39, 0.29) is 25.4 Å². The Morgan fingerprint density at radius 3 is 1.30 bits per heavy atom. The zero-order valence-corrected chi connectivity index (χ0v) is 24.4. The summed E-state index contributed by atoms with van der Waals surface area (Å²) < 4.78 is 33.6. The Morgan fingerprint density at radius 2 is 0.953 bits per heavy atom. The molecule has 7 heteroatoms. The maximum Gasteiger partial charge on any atom is 0.122 e. The summed E-state index contributed by atoms with van der Waals surface area (Å²) in [7, 11) is 0. The zero-order valence-electron chi connectivity index (χ0n) is 24.4. The highest BCUT2D eigenvalue weighted by Crippen LogP contribution is 2.24. The van der Waals surface area contributed by atoms with E-state index in [1.807, 2.05) is 72.8 Å². The summed E-state index contributed by atoms with van der Waals surface area (Å²) in [6, 6.07) is 32.2. The Kier molecular flexibility index (Phi) is 9.43. The molecular weight excluding hydrogens is 544 g/mol. The Morgan fingerprint density at radius 1 is 0.605 bits per heavy atom. The van der Waals surface area contributed by atoms with Gasteiger partial charge in [0.25, 0.3) is 0 Å². The monoisotopic (exact) mass is 582 g/mol. The van der Waals surface area contributed by atoms with Crippen LogP contribution in [0.1, 0.15) is 29.2 Å². The predicted molar refractivity (Wildman–Crippen MR) is 163 cm³/mol. The molecule has 224 valence electrons. The maximum absolute atomic E-state index is 10.4. The average Bonchev–Trinajstić information content (AvgIpc) is 3.98. The van der Waals surface area contributed by atoms with E-state index in [1.165, 1.54) is 22.3 Å². The molecule has 0 spiro atoms. The standard InChI is InChI=1S/C36H38O7/c1-25-36(43-25)24-42-34-16-8-29(9-17-34)19-27-4-12-32(13-5-27)39-21-30(37)20-38-31-10-2-26(3-11-31)18-28-6-14-33(15-7-28)40-22-35-23-41-35/h2-17,25,30,35-37H,18-24H2,1H3/t25-,30?,35?,36?/m0/s1. The number of aliphatic hydroxyl groups excluding tert-OH is 1. The zero-order chi connectivity index (χ0) is 29.4. The van der Waals surface area contributed by atoms with E-state index < -0.39 is 6.10 Å². The largest absolute Gasteiger partial charge is 0.491 e. The topological polar surface area (TPSA) is 82.2 Å². The van der Waals surface area contributed by atoms with Crippen LogP contribution in [0.25, 0.3) is 0 Å². The number of benzene rings is 4. The van der Waals surface area contributed by atoms with Crippen LogP contribution in [-0.4, -0.2) is 62.6 Å². The summed E-state index contributed by atoms with van der Waals surface area (Å²) in [5.74, 6) is 3.15. The molecular formula is C36H38O7. The van der Waals surface area contributed by atoms with Crippen LogP contribution in [0.15, 0.2) is 97.1 Å². The van der Waals surface area contributed by atoms with Gasteiger partial charge in [0.1, 0.15) is 67.7 Å². The van der Waals surface area contributed by atoms with Gasteiger partial charge in [-0.25, -0.2) is 0 Å². The van der Waals surface area contributed by atoms with Crippen molar-refractivity contribution in [3.63, 3.8) is 0 Å². The summed E-state index contributed by atoms with van der Waals surface area (Å²) in [5.41, 5.74) is 4.77. The first-order valence-corrected chi connectivity index (χ1v) is 14.9. The van der Waals surface area contributed by atoms with Gasteiger partial charge in [-0.05, 0) is 90.6 Å². The van der Waals surface area contributed by atoms with Crippen molar-refractivity contribution in [2.45, 2.75) is 44.2 Å². The number of epoxide rings is 2. The molecule has 6 rings (SSSR count). The number of hydrogen-bond acceptors (Lipinski definition) is 7. The van der Waals surface area contributed by atoms with Gasteiger partial charge in [0.15, 0.2) is 0 Å². The maximum atomic E-state index is 10.4. The Hall–Kier alpha value is -4.04. The highest BCUT2D eigenvalue weighted by atomic mass is 16.6. The second-order valence-electron chi connectivity index (χ2n) is 11.2. The van der Waals surface area contributed by atoms with Crippen molar-refractivity contribution >= 4 is 0 Å². The molecule has 3 unspecified atom stereocenters. The van der Waals surface area contributed by atoms with Gasteiger partial charge < -0.3 is 33.5 Å². The van der Waals surface area contributed by atoms with Crippen LogP contribution in [0.5, 0.6) is 23.0 Å². The fourth-order valence-electron chi connectivity index (χ4n) is 4.66. The van der Waals surface area contributed by atoms with Crippen LogP contribution in [0.2, 0.25) is 0 Å². The molecule has 2 saturated heterocycles. The molecule has 4 aromatic rings. The first kappa shape index (κ1) is 29.1. The highest BCUT2D eigenvalue weighted by molar-refractivity contribution is 5.35. The molecule has 0 saturated carbocycles. The van der Waals surface area contributed by atoms with E-state index in [1.54, 1.807) is 0 Å². The molecule has 0 radical (unpaired) electrons. The minimum absolute atomic E-state index is 0.150. The molecule has 0 aliphatic carbocycles. The Bertz CT molecular complexity index is 1410. The second kappa shape index (κ2) is 14.0. The van der Waals surface area contributed by atoms with E-state index >= 15 is 0 Å². The minimum Gasteiger partial charge on any atom is -0.491 e. The van der Waals surface area contributed by atoms with Crippen LogP contribution >= 0.6 is 0 Å². The van der Waals surface area contributed by atoms with Gasteiger partial charge in [-0.1, -0.05) is 48.5 Å². The fraction of sp³-hybridized carbons (Fsp3) is 0.333. The van der Waals surface area contributed by atoms with Crippen molar-refractivity contribution in [1.82, 2.24) is 0 Å². The van der Waals surface area contributed by atoms with E-state index in [0.717, 1.165) is 30.9 Å². The molecule has 2 aliphatic heterocycles. The average molecular weight is 583 g/mol. The lowest BCUT2D eigenvalue weighted by molar-refractivity contribution is 0.0626. The van der Waals surface area contributed by atoms with Gasteiger partial charge in [0.2, 0.25) is 0 Å². The number of hydrogen-bond donors (Lipinski definition) is 1. The van der Waals surface area contributed by atoms with Crippen molar-refractivity contribution in [1.29, 1.82) is 0 Å². The number of ether oxygens (including phenoxy) is 6. The summed E-state index contributed by atoms with van der Waals surface area (Å²) in [6.07, 6.45) is 1.67. The third-order valence-electron chi connectivity index (χ3n) is 7.48. The highest BCUT2D eigenvalue weighted by Gasteiger charge is 2.34. The first-order chi connectivity index (χ1) is 21.1. The molecule has 4 atom stereocenters. The number of aliphatic hydroxyl groups is 1. The molecule has 2 heterocycles. The van der Waals surface area contributed by atoms with Crippen LogP contribution in [0, 0.1) is 0 Å². The summed E-state index contributed by atoms with van der Waals surface area (Å²) in [4.78, 5) is 0. The number of rotatable bonds is 16. The molecule has 1 N–H and O–H groups in total. The van der Waals surface area contributed by atoms with Gasteiger partial charge >= 0.3 is 0 Å². The van der Waals surface area contributed by atoms with Gasteiger partial charge in [-0.3, -0.25) is 0 Å². The second-order valence-corrected chi connectivity index (χ2v) is 11.2. The van der Waals surface area contributed by atoms with E-state index in [2.05, 4.69) is 31.2 Å². The van der Waals surface area contributed by atoms with E-state index in [4.69, 9.17) is 28.4 Å². The lowest BCUT2D eigenvalue weighted by Gasteiger charge is -2.14. The van der Waals surface area contributed by atoms with Crippen molar-refractivity contribution in [2.24, 2.45) is 0 Å². The van der Waals surface area contributed by atoms with E-state index in [9.17, 15) is 5.11 Å². The Labute approximate surface area is 252 Å². The molecule has 0 amide bonds. The molecule has 0 aromatic heterocycles. The van der Waals surface area contributed by atoms with Gasteiger partial charge in [-0.15, -0.1) is 0 Å². The summed E-state index contributed by atoms with van der Waals surface area (Å²) >= 11 is 0. The fourth-order valence-corrected chi connectivity index (χ4v) is 4.66. The van der Waals surface area contributed by atoms with Gasteiger partial charge in [-0.2, -0.15) is 0 Å². The Balaban J connectivity index is 0.879. The predicted octanol–water partition coefficient (Wildman–Crippen LogP) is 5.63. The summed E-state index contributed by atoms with van der Waals surface area (Å²) in [6.45, 7) is 4.36. The third-order valence-corrected chi connectivity index (χ3v) is 7.48. The van der Waals surface area contributed by atoms with E-state index in [0.29, 0.717) is 30.8 Å². The minimum atomic E-state index is -0.748. The van der Waals surface area contributed by atoms with Crippen molar-refractivity contribution in [3.05, 3.63) is 119 Å². The molecule has 43 heavy (non-hydrogen) atoms. The lowest BCUT2D eigenvalue weighted by Crippen LogP contribution is -2.25. The first-order valence-electron chi connectivity index (χ1n) is 14.9. The van der Waals surface area contributed by atoms with Crippen molar-refractivity contribution in [3.8, 4) is 23.0 Å². The molecule has 7 nitrogen and oxygen atoms in total. The molecule has 2 aliphatic rings. The van der Waals surface area contributed by atoms with Gasteiger partial charge in [0.05, 0.1) is 12.7 Å². The van der Waals surface area contributed by atoms with Gasteiger partial charge in [0, 0.05) is 0 Å². The smallest absolute Gasteiger partial charge is 0.122 e. The lowest BCUT2D eigenvalue weighted by atomic mass is 10.0. The quantitative estimate of drug-likeness (QED) is 0.172. The third kappa shape index (κ3) is 9.22.